The lowest BCUT2D eigenvalue weighted by Gasteiger charge is -2.24. The maximum Gasteiger partial charge on any atom is 0.231 e. The largest absolute Gasteiger partial charge is 0.354 e. The van der Waals surface area contributed by atoms with E-state index in [-0.39, 0.29) is 11.3 Å². The van der Waals surface area contributed by atoms with Crippen molar-refractivity contribution in [3.63, 3.8) is 0 Å². The van der Waals surface area contributed by atoms with Gasteiger partial charge in [-0.15, -0.1) is 0 Å². The Morgan fingerprint density at radius 1 is 1.07 bits per heavy atom. The topological polar surface area (TPSA) is 62.2 Å². The van der Waals surface area contributed by atoms with Gasteiger partial charge in [0.15, 0.2) is 0 Å². The first kappa shape index (κ1) is 17.4. The summed E-state index contributed by atoms with van der Waals surface area (Å²) in [6.45, 7) is 2.87. The summed E-state index contributed by atoms with van der Waals surface area (Å²) in [4.78, 5) is 30.9. The average Bonchev–Trinajstić information content (AvgIpc) is 3.28. The molecule has 2 aliphatic heterocycles. The molecule has 1 unspecified atom stereocenters. The van der Waals surface area contributed by atoms with Gasteiger partial charge in [-0.2, -0.15) is 0 Å². The van der Waals surface area contributed by atoms with Gasteiger partial charge < -0.3 is 9.80 Å². The van der Waals surface area contributed by atoms with Gasteiger partial charge in [-0.25, -0.2) is 4.98 Å². The summed E-state index contributed by atoms with van der Waals surface area (Å²) in [6.07, 6.45) is 5.29. The zero-order valence-corrected chi connectivity index (χ0v) is 16.1. The van der Waals surface area contributed by atoms with Crippen LogP contribution >= 0.6 is 11.6 Å². The zero-order chi connectivity index (χ0) is 19.1. The van der Waals surface area contributed by atoms with Crippen LogP contribution in [0.15, 0.2) is 48.8 Å². The first-order valence-corrected chi connectivity index (χ1v) is 9.87. The van der Waals surface area contributed by atoms with Crippen LogP contribution in [0.3, 0.4) is 0 Å². The van der Waals surface area contributed by atoms with Crippen LogP contribution in [0.1, 0.15) is 18.5 Å². The number of likely N-dealkylation sites (tertiary alicyclic amines) is 1. The van der Waals surface area contributed by atoms with Crippen LogP contribution in [0.2, 0.25) is 5.02 Å². The second-order valence-electron chi connectivity index (χ2n) is 7.61. The van der Waals surface area contributed by atoms with Crippen molar-refractivity contribution in [1.82, 2.24) is 19.9 Å². The van der Waals surface area contributed by atoms with E-state index in [0.717, 1.165) is 48.5 Å². The number of halogens is 1. The van der Waals surface area contributed by atoms with Gasteiger partial charge in [0.25, 0.3) is 0 Å². The van der Waals surface area contributed by atoms with Crippen molar-refractivity contribution in [1.29, 1.82) is 0 Å². The molecule has 3 aromatic rings. The Morgan fingerprint density at radius 2 is 1.96 bits per heavy atom. The highest BCUT2D eigenvalue weighted by atomic mass is 35.5. The van der Waals surface area contributed by atoms with E-state index in [1.807, 2.05) is 41.3 Å². The third-order valence-electron chi connectivity index (χ3n) is 5.85. The molecule has 6 nitrogen and oxygen atoms in total. The van der Waals surface area contributed by atoms with Gasteiger partial charge >= 0.3 is 0 Å². The minimum absolute atomic E-state index is 0.237. The zero-order valence-electron chi connectivity index (χ0n) is 15.4. The lowest BCUT2D eigenvalue weighted by atomic mass is 9.85. The van der Waals surface area contributed by atoms with Crippen LogP contribution in [0.5, 0.6) is 0 Å². The molecule has 1 atom stereocenters. The fourth-order valence-corrected chi connectivity index (χ4v) is 4.47. The van der Waals surface area contributed by atoms with Gasteiger partial charge in [0.2, 0.25) is 5.91 Å². The van der Waals surface area contributed by atoms with E-state index < -0.39 is 0 Å². The van der Waals surface area contributed by atoms with E-state index in [1.165, 1.54) is 0 Å². The Labute approximate surface area is 168 Å². The molecular weight excluding hydrogens is 374 g/mol. The highest BCUT2D eigenvalue weighted by Gasteiger charge is 2.51. The maximum absolute atomic E-state index is 13.2. The number of hydrogen-bond acceptors (Lipinski definition) is 5. The Kier molecular flexibility index (Phi) is 4.16. The molecule has 2 aromatic heterocycles. The summed E-state index contributed by atoms with van der Waals surface area (Å²) in [5.74, 6) is 1.06. The summed E-state index contributed by atoms with van der Waals surface area (Å²) in [5, 5.41) is 0.652. The van der Waals surface area contributed by atoms with Crippen LogP contribution in [0.25, 0.3) is 11.0 Å². The summed E-state index contributed by atoms with van der Waals surface area (Å²) in [7, 11) is 0. The van der Waals surface area contributed by atoms with E-state index in [2.05, 4.69) is 14.9 Å². The number of amides is 1. The molecule has 28 heavy (non-hydrogen) atoms. The smallest absolute Gasteiger partial charge is 0.231 e. The fourth-order valence-electron chi connectivity index (χ4n) is 4.30. The third-order valence-corrected chi connectivity index (χ3v) is 6.08. The van der Waals surface area contributed by atoms with Crippen LogP contribution in [0.4, 0.5) is 5.82 Å². The first-order valence-electron chi connectivity index (χ1n) is 9.50. The molecule has 1 aromatic carbocycles. The minimum atomic E-state index is -0.314. The van der Waals surface area contributed by atoms with Crippen molar-refractivity contribution in [3.05, 3.63) is 59.5 Å². The van der Waals surface area contributed by atoms with Crippen molar-refractivity contribution in [2.75, 3.05) is 24.5 Å². The van der Waals surface area contributed by atoms with E-state index in [0.29, 0.717) is 18.1 Å². The second-order valence-corrected chi connectivity index (χ2v) is 8.05. The second kappa shape index (κ2) is 6.71. The molecule has 0 N–H and O–H groups in total. The molecular formula is C21H20ClN5O. The number of rotatable bonds is 3. The lowest BCUT2D eigenvalue weighted by molar-refractivity contribution is -0.135. The average molecular weight is 394 g/mol. The summed E-state index contributed by atoms with van der Waals surface area (Å²) >= 11 is 6.03. The van der Waals surface area contributed by atoms with E-state index in [4.69, 9.17) is 16.6 Å². The number of anilines is 1. The van der Waals surface area contributed by atoms with Crippen LogP contribution in [-0.2, 0) is 11.3 Å². The molecule has 0 aliphatic carbocycles. The molecule has 142 valence electrons. The monoisotopic (exact) mass is 393 g/mol. The first-order chi connectivity index (χ1) is 13.6. The quantitative estimate of drug-likeness (QED) is 0.683. The predicted molar refractivity (Wildman–Crippen MR) is 108 cm³/mol. The van der Waals surface area contributed by atoms with E-state index >= 15 is 0 Å². The van der Waals surface area contributed by atoms with Crippen molar-refractivity contribution in [2.24, 2.45) is 5.41 Å². The SMILES string of the molecule is O=C1N(Cc2ccccn2)CCC12CCN(c1cnc3cc(Cl)ccc3n1)C2. The number of carbonyl (C=O) groups excluding carboxylic acids is 1. The summed E-state index contributed by atoms with van der Waals surface area (Å²) < 4.78 is 0. The van der Waals surface area contributed by atoms with Crippen LogP contribution in [0, 0.1) is 5.41 Å². The number of carbonyl (C=O) groups is 1. The molecule has 0 radical (unpaired) electrons. The molecule has 1 amide bonds. The van der Waals surface area contributed by atoms with Gasteiger partial charge in [0, 0.05) is 30.9 Å². The van der Waals surface area contributed by atoms with Crippen molar-refractivity contribution in [2.45, 2.75) is 19.4 Å². The molecule has 4 heterocycles. The molecule has 0 bridgehead atoms. The van der Waals surface area contributed by atoms with Crippen molar-refractivity contribution < 1.29 is 4.79 Å². The molecule has 2 saturated heterocycles. The molecule has 5 rings (SSSR count). The van der Waals surface area contributed by atoms with Gasteiger partial charge in [-0.3, -0.25) is 14.8 Å². The number of fused-ring (bicyclic) bond motifs is 1. The number of aromatic nitrogens is 3. The molecule has 2 aliphatic rings. The Balaban J connectivity index is 1.34. The minimum Gasteiger partial charge on any atom is -0.354 e. The number of pyridine rings is 1. The molecule has 2 fully saturated rings. The normalized spacial score (nSPS) is 22.0. The van der Waals surface area contributed by atoms with E-state index in [9.17, 15) is 4.79 Å². The molecule has 7 heteroatoms. The molecule has 0 saturated carbocycles. The standard InChI is InChI=1S/C21H20ClN5O/c22-15-4-5-17-18(11-15)24-12-19(25-17)27-10-7-21(14-27)6-9-26(20(21)28)13-16-3-1-2-8-23-16/h1-5,8,11-12H,6-7,9-10,13-14H2. The number of hydrogen-bond donors (Lipinski definition) is 0. The summed E-state index contributed by atoms with van der Waals surface area (Å²) in [5.41, 5.74) is 2.22. The Bertz CT molecular complexity index is 1040. The van der Waals surface area contributed by atoms with Crippen LogP contribution in [-0.4, -0.2) is 45.4 Å². The van der Waals surface area contributed by atoms with E-state index in [1.54, 1.807) is 12.4 Å². The van der Waals surface area contributed by atoms with Crippen molar-refractivity contribution >= 4 is 34.4 Å². The third kappa shape index (κ3) is 2.98. The van der Waals surface area contributed by atoms with Gasteiger partial charge in [-0.05, 0) is 43.2 Å². The van der Waals surface area contributed by atoms with Crippen molar-refractivity contribution in [3.8, 4) is 0 Å². The van der Waals surface area contributed by atoms with Gasteiger partial charge in [-0.1, -0.05) is 17.7 Å². The fraction of sp³-hybridized carbons (Fsp3) is 0.333. The number of benzene rings is 1. The highest BCUT2D eigenvalue weighted by molar-refractivity contribution is 6.31. The maximum atomic E-state index is 13.2. The van der Waals surface area contributed by atoms with Crippen LogP contribution < -0.4 is 4.90 Å². The lowest BCUT2D eigenvalue weighted by Crippen LogP contribution is -2.37. The molecule has 1 spiro atoms. The Hall–Kier alpha value is -2.73. The van der Waals surface area contributed by atoms with Gasteiger partial charge in [0.05, 0.1) is 34.9 Å². The highest BCUT2D eigenvalue weighted by Crippen LogP contribution is 2.42. The Morgan fingerprint density at radius 3 is 2.82 bits per heavy atom. The number of nitrogens with zero attached hydrogens (tertiary/aromatic N) is 5. The predicted octanol–water partition coefficient (Wildman–Crippen LogP) is 3.31. The van der Waals surface area contributed by atoms with Gasteiger partial charge in [0.1, 0.15) is 5.82 Å². The summed E-state index contributed by atoms with van der Waals surface area (Å²) in [6, 6.07) is 11.3.